The summed E-state index contributed by atoms with van der Waals surface area (Å²) in [5, 5.41) is -0.344. The van der Waals surface area contributed by atoms with E-state index in [2.05, 4.69) is 12.6 Å². The Bertz CT molecular complexity index is 475. The summed E-state index contributed by atoms with van der Waals surface area (Å²) < 4.78 is 5.21. The number of thiol groups is 1. The van der Waals surface area contributed by atoms with Gasteiger partial charge in [-0.15, -0.1) is 23.2 Å². The molecule has 0 aliphatic rings. The molecule has 1 rings (SSSR count). The molecule has 2 atom stereocenters. The smallest absolute Gasteiger partial charge is 0.410 e. The number of carbonyl (C=O) groups excluding carboxylic acids is 1. The van der Waals surface area contributed by atoms with E-state index >= 15 is 0 Å². The molecule has 0 saturated carbocycles. The van der Waals surface area contributed by atoms with Gasteiger partial charge < -0.3 is 4.74 Å². The van der Waals surface area contributed by atoms with Crippen LogP contribution in [0.4, 0.5) is 4.79 Å². The Morgan fingerprint density at radius 1 is 1.40 bits per heavy atom. The second-order valence-corrected chi connectivity index (χ2v) is 6.03. The van der Waals surface area contributed by atoms with Gasteiger partial charge in [0.25, 0.3) is 0 Å². The molecular formula is C12H13Cl4NO2S. The zero-order valence-electron chi connectivity index (χ0n) is 10.5. The van der Waals surface area contributed by atoms with E-state index in [1.165, 1.54) is 11.0 Å². The molecule has 3 nitrogen and oxygen atoms in total. The molecule has 2 unspecified atom stereocenters. The number of carbonyl (C=O) groups is 1. The molecular weight excluding hydrogens is 364 g/mol. The standard InChI is InChI=1S/C12H13Cl4NO2S/c1-2-17(11(20)10(16)6-13)12(18)19-7-3-4-8(14)9(15)5-7/h3-5,10-11,20H,2,6H2,1H3. The van der Waals surface area contributed by atoms with Gasteiger partial charge in [-0.1, -0.05) is 23.2 Å². The van der Waals surface area contributed by atoms with E-state index in [-0.39, 0.29) is 5.88 Å². The third-order valence-electron chi connectivity index (χ3n) is 2.46. The number of rotatable bonds is 5. The van der Waals surface area contributed by atoms with Crippen LogP contribution >= 0.6 is 59.0 Å². The molecule has 0 aliphatic heterocycles. The topological polar surface area (TPSA) is 29.5 Å². The lowest BCUT2D eigenvalue weighted by atomic mass is 10.3. The van der Waals surface area contributed by atoms with Gasteiger partial charge in [0.15, 0.2) is 0 Å². The summed E-state index contributed by atoms with van der Waals surface area (Å²) >= 11 is 27.6. The summed E-state index contributed by atoms with van der Waals surface area (Å²) in [7, 11) is 0. The van der Waals surface area contributed by atoms with Crippen LogP contribution in [0.25, 0.3) is 0 Å². The number of alkyl halides is 2. The minimum Gasteiger partial charge on any atom is -0.410 e. The monoisotopic (exact) mass is 375 g/mol. The number of ether oxygens (including phenoxy) is 1. The van der Waals surface area contributed by atoms with Crippen molar-refractivity contribution in [3.8, 4) is 5.75 Å². The molecule has 0 aliphatic carbocycles. The zero-order valence-corrected chi connectivity index (χ0v) is 14.4. The lowest BCUT2D eigenvalue weighted by Gasteiger charge is -2.28. The lowest BCUT2D eigenvalue weighted by molar-refractivity contribution is 0.150. The van der Waals surface area contributed by atoms with Crippen molar-refractivity contribution in [3.63, 3.8) is 0 Å². The summed E-state index contributed by atoms with van der Waals surface area (Å²) in [5.41, 5.74) is 0. The van der Waals surface area contributed by atoms with Crippen LogP contribution in [0.5, 0.6) is 5.75 Å². The Labute approximate surface area is 143 Å². The highest BCUT2D eigenvalue weighted by molar-refractivity contribution is 7.81. The minimum atomic E-state index is -0.582. The Hall–Kier alpha value is 0.000000000000000111. The van der Waals surface area contributed by atoms with Crippen LogP contribution in [-0.2, 0) is 0 Å². The molecule has 0 saturated heterocycles. The van der Waals surface area contributed by atoms with Crippen molar-refractivity contribution in [1.29, 1.82) is 0 Å². The van der Waals surface area contributed by atoms with Gasteiger partial charge in [-0.2, -0.15) is 12.6 Å². The third kappa shape index (κ3) is 4.78. The molecule has 1 aromatic rings. The van der Waals surface area contributed by atoms with Gasteiger partial charge in [0.05, 0.1) is 20.8 Å². The van der Waals surface area contributed by atoms with Gasteiger partial charge >= 0.3 is 6.09 Å². The Morgan fingerprint density at radius 3 is 2.55 bits per heavy atom. The van der Waals surface area contributed by atoms with E-state index in [0.717, 1.165) is 0 Å². The molecule has 1 amide bonds. The van der Waals surface area contributed by atoms with Crippen molar-refractivity contribution in [2.75, 3.05) is 12.4 Å². The van der Waals surface area contributed by atoms with Crippen molar-refractivity contribution in [2.24, 2.45) is 0 Å². The summed E-state index contributed by atoms with van der Waals surface area (Å²) in [6.07, 6.45) is -0.582. The SMILES string of the molecule is CCN(C(=O)Oc1ccc(Cl)c(Cl)c1)C(S)C(Cl)CCl. The van der Waals surface area contributed by atoms with Crippen LogP contribution in [0, 0.1) is 0 Å². The molecule has 0 radical (unpaired) electrons. The molecule has 20 heavy (non-hydrogen) atoms. The number of hydrogen-bond acceptors (Lipinski definition) is 3. The van der Waals surface area contributed by atoms with E-state index in [0.29, 0.717) is 22.3 Å². The van der Waals surface area contributed by atoms with Gasteiger partial charge in [0.1, 0.15) is 5.75 Å². The van der Waals surface area contributed by atoms with Crippen molar-refractivity contribution < 1.29 is 9.53 Å². The van der Waals surface area contributed by atoms with Crippen LogP contribution in [0.3, 0.4) is 0 Å². The fourth-order valence-corrected chi connectivity index (χ4v) is 2.48. The second kappa shape index (κ2) is 8.44. The summed E-state index contributed by atoms with van der Waals surface area (Å²) in [5.74, 6) is 0.465. The average molecular weight is 377 g/mol. The molecule has 0 heterocycles. The van der Waals surface area contributed by atoms with Crippen molar-refractivity contribution in [3.05, 3.63) is 28.2 Å². The first-order valence-corrected chi connectivity index (χ1v) is 7.96. The van der Waals surface area contributed by atoms with Crippen LogP contribution in [-0.4, -0.2) is 34.2 Å². The molecule has 0 spiro atoms. The first-order valence-electron chi connectivity index (χ1n) is 5.72. The summed E-state index contributed by atoms with van der Waals surface area (Å²) in [6.45, 7) is 2.17. The highest BCUT2D eigenvalue weighted by Crippen LogP contribution is 2.27. The Morgan fingerprint density at radius 2 is 2.05 bits per heavy atom. The van der Waals surface area contributed by atoms with Gasteiger partial charge in [-0.25, -0.2) is 4.79 Å². The predicted octanol–water partition coefficient (Wildman–Crippen LogP) is 4.92. The predicted molar refractivity (Wildman–Crippen MR) is 88.0 cm³/mol. The fraction of sp³-hybridized carbons (Fsp3) is 0.417. The fourth-order valence-electron chi connectivity index (χ4n) is 1.40. The largest absolute Gasteiger partial charge is 0.416 e. The maximum absolute atomic E-state index is 12.1. The zero-order chi connectivity index (χ0) is 15.3. The molecule has 0 fully saturated rings. The van der Waals surface area contributed by atoms with E-state index in [1.807, 2.05) is 0 Å². The minimum absolute atomic E-state index is 0.173. The summed E-state index contributed by atoms with van der Waals surface area (Å²) in [4.78, 5) is 13.4. The average Bonchev–Trinajstić information content (AvgIpc) is 2.42. The van der Waals surface area contributed by atoms with Gasteiger partial charge in [0, 0.05) is 18.5 Å². The van der Waals surface area contributed by atoms with E-state index in [1.54, 1.807) is 19.1 Å². The molecule has 0 N–H and O–H groups in total. The van der Waals surface area contributed by atoms with Crippen LogP contribution < -0.4 is 4.74 Å². The lowest BCUT2D eigenvalue weighted by Crippen LogP contribution is -2.44. The Balaban J connectivity index is 2.79. The van der Waals surface area contributed by atoms with E-state index in [9.17, 15) is 4.79 Å². The molecule has 0 aromatic heterocycles. The number of nitrogens with zero attached hydrogens (tertiary/aromatic N) is 1. The van der Waals surface area contributed by atoms with Gasteiger partial charge in [-0.05, 0) is 19.1 Å². The quantitative estimate of drug-likeness (QED) is 0.449. The Kier molecular flexibility index (Phi) is 7.62. The number of amides is 1. The van der Waals surface area contributed by atoms with Crippen LogP contribution in [0.1, 0.15) is 6.92 Å². The molecule has 1 aromatic carbocycles. The van der Waals surface area contributed by atoms with Crippen LogP contribution in [0.2, 0.25) is 10.0 Å². The number of halogens is 4. The maximum Gasteiger partial charge on any atom is 0.416 e. The maximum atomic E-state index is 12.1. The van der Waals surface area contributed by atoms with Crippen molar-refractivity contribution in [2.45, 2.75) is 17.7 Å². The molecule has 8 heteroatoms. The molecule has 0 bridgehead atoms. The normalized spacial score (nSPS) is 13.7. The number of benzene rings is 1. The second-order valence-electron chi connectivity index (χ2n) is 3.81. The van der Waals surface area contributed by atoms with Crippen LogP contribution in [0.15, 0.2) is 18.2 Å². The van der Waals surface area contributed by atoms with Gasteiger partial charge in [-0.3, -0.25) is 4.90 Å². The van der Waals surface area contributed by atoms with Crippen molar-refractivity contribution in [1.82, 2.24) is 4.90 Å². The first-order chi connectivity index (χ1) is 9.40. The highest BCUT2D eigenvalue weighted by Gasteiger charge is 2.26. The first kappa shape index (κ1) is 18.1. The highest BCUT2D eigenvalue weighted by atomic mass is 35.5. The van der Waals surface area contributed by atoms with Crippen molar-refractivity contribution >= 4 is 65.1 Å². The molecule has 112 valence electrons. The summed E-state index contributed by atoms with van der Waals surface area (Å²) in [6, 6.07) is 4.56. The number of hydrogen-bond donors (Lipinski definition) is 1. The third-order valence-corrected chi connectivity index (χ3v) is 4.90. The van der Waals surface area contributed by atoms with E-state index < -0.39 is 16.8 Å². The van der Waals surface area contributed by atoms with E-state index in [4.69, 9.17) is 51.1 Å². The van der Waals surface area contributed by atoms with Gasteiger partial charge in [0.2, 0.25) is 0 Å².